The van der Waals surface area contributed by atoms with E-state index in [0.717, 1.165) is 12.1 Å². The van der Waals surface area contributed by atoms with Gasteiger partial charge in [0.1, 0.15) is 23.1 Å². The van der Waals surface area contributed by atoms with Gasteiger partial charge in [-0.1, -0.05) is 6.07 Å². The van der Waals surface area contributed by atoms with Crippen molar-refractivity contribution >= 4 is 17.4 Å². The Morgan fingerprint density at radius 1 is 1.09 bits per heavy atom. The number of ether oxygens (including phenoxy) is 2. The third-order valence-corrected chi connectivity index (χ3v) is 5.38. The van der Waals surface area contributed by atoms with Crippen molar-refractivity contribution < 1.29 is 38.1 Å². The second kappa shape index (κ2) is 8.70. The zero-order valence-electron chi connectivity index (χ0n) is 17.7. The normalized spacial score (nSPS) is 17.4. The van der Waals surface area contributed by atoms with Crippen LogP contribution in [0.15, 0.2) is 64.8 Å². The van der Waals surface area contributed by atoms with Crippen LogP contribution in [-0.2, 0) is 16.1 Å². The number of Topliss-reactive ketones (excluding diaryl/α,β-unsaturated/α-hetero) is 1. The van der Waals surface area contributed by atoms with Crippen molar-refractivity contribution in [3.8, 4) is 17.2 Å². The molecule has 2 N–H and O–H groups in total. The largest absolute Gasteiger partial charge is 0.507 e. The lowest BCUT2D eigenvalue weighted by atomic mass is 9.94. The molecule has 0 aliphatic carbocycles. The first kappa shape index (κ1) is 21.9. The highest BCUT2D eigenvalue weighted by molar-refractivity contribution is 6.46. The van der Waals surface area contributed by atoms with Crippen LogP contribution < -0.4 is 9.47 Å². The number of aliphatic hydroxyl groups is 1. The predicted octanol–water partition coefficient (Wildman–Crippen LogP) is 3.76. The van der Waals surface area contributed by atoms with E-state index in [-0.39, 0.29) is 34.9 Å². The molecular formula is C24H20FNO7. The number of halogens is 1. The summed E-state index contributed by atoms with van der Waals surface area (Å²) < 4.78 is 29.6. The van der Waals surface area contributed by atoms with E-state index in [2.05, 4.69) is 0 Å². The molecule has 0 saturated carbocycles. The minimum atomic E-state index is -1.10. The summed E-state index contributed by atoms with van der Waals surface area (Å²) in [5.41, 5.74) is -0.0350. The van der Waals surface area contributed by atoms with Crippen LogP contribution in [0.3, 0.4) is 0 Å². The van der Waals surface area contributed by atoms with Crippen LogP contribution in [-0.4, -0.2) is 41.0 Å². The van der Waals surface area contributed by atoms with Gasteiger partial charge in [0.25, 0.3) is 11.7 Å². The topological polar surface area (TPSA) is 109 Å². The highest BCUT2D eigenvalue weighted by Crippen LogP contribution is 2.43. The van der Waals surface area contributed by atoms with Gasteiger partial charge < -0.3 is 29.0 Å². The fraction of sp³-hybridized carbons (Fsp3) is 0.167. The van der Waals surface area contributed by atoms with Crippen LogP contribution in [0, 0.1) is 5.82 Å². The monoisotopic (exact) mass is 453 g/mol. The van der Waals surface area contributed by atoms with E-state index < -0.39 is 29.3 Å². The molecule has 1 unspecified atom stereocenters. The number of furan rings is 1. The Bertz CT molecular complexity index is 1250. The summed E-state index contributed by atoms with van der Waals surface area (Å²) in [4.78, 5) is 27.3. The quantitative estimate of drug-likeness (QED) is 0.332. The number of amides is 1. The van der Waals surface area contributed by atoms with E-state index in [0.29, 0.717) is 11.3 Å². The van der Waals surface area contributed by atoms with Crippen LogP contribution in [0.25, 0.3) is 5.76 Å². The van der Waals surface area contributed by atoms with E-state index in [1.165, 1.54) is 43.6 Å². The maximum atomic E-state index is 14.0. The second-order valence-electron chi connectivity index (χ2n) is 7.28. The van der Waals surface area contributed by atoms with E-state index in [1.54, 1.807) is 18.2 Å². The first-order valence-electron chi connectivity index (χ1n) is 9.87. The Kier molecular flexibility index (Phi) is 5.78. The summed E-state index contributed by atoms with van der Waals surface area (Å²) in [6.45, 7) is -0.0773. The first-order chi connectivity index (χ1) is 15.8. The number of carbonyl (C=O) groups excluding carboxylic acids is 2. The van der Waals surface area contributed by atoms with Crippen molar-refractivity contribution in [2.75, 3.05) is 14.2 Å². The highest BCUT2D eigenvalue weighted by atomic mass is 19.1. The molecule has 170 valence electrons. The van der Waals surface area contributed by atoms with Crippen molar-refractivity contribution in [3.05, 3.63) is 83.1 Å². The number of phenolic OH excluding ortho intramolecular Hbond substituents is 1. The summed E-state index contributed by atoms with van der Waals surface area (Å²) in [6, 6.07) is 9.99. The number of phenols is 1. The molecule has 1 saturated heterocycles. The molecule has 1 fully saturated rings. The van der Waals surface area contributed by atoms with Crippen molar-refractivity contribution in [1.29, 1.82) is 0 Å². The number of benzene rings is 2. The summed E-state index contributed by atoms with van der Waals surface area (Å²) in [5.74, 6) is -2.64. The number of carbonyl (C=O) groups is 2. The zero-order valence-corrected chi connectivity index (χ0v) is 17.7. The minimum Gasteiger partial charge on any atom is -0.507 e. The third kappa shape index (κ3) is 3.89. The maximum Gasteiger partial charge on any atom is 0.296 e. The van der Waals surface area contributed by atoms with E-state index in [1.807, 2.05) is 0 Å². The molecule has 3 aromatic rings. The van der Waals surface area contributed by atoms with Crippen LogP contribution >= 0.6 is 0 Å². The van der Waals surface area contributed by atoms with Crippen molar-refractivity contribution in [1.82, 2.24) is 4.90 Å². The lowest BCUT2D eigenvalue weighted by Gasteiger charge is -2.25. The molecular weight excluding hydrogens is 433 g/mol. The molecule has 0 bridgehead atoms. The average Bonchev–Trinajstić information content (AvgIpc) is 3.41. The van der Waals surface area contributed by atoms with Crippen LogP contribution in [0.2, 0.25) is 0 Å². The number of rotatable bonds is 6. The van der Waals surface area contributed by atoms with Gasteiger partial charge in [0.15, 0.2) is 11.5 Å². The lowest BCUT2D eigenvalue weighted by molar-refractivity contribution is -0.140. The Balaban J connectivity index is 1.93. The second-order valence-corrected chi connectivity index (χ2v) is 7.28. The summed E-state index contributed by atoms with van der Waals surface area (Å²) in [7, 11) is 2.71. The fourth-order valence-corrected chi connectivity index (χ4v) is 3.85. The molecule has 9 heteroatoms. The molecule has 1 amide bonds. The molecule has 1 aromatic heterocycles. The molecule has 2 heterocycles. The molecule has 0 radical (unpaired) electrons. The summed E-state index contributed by atoms with van der Waals surface area (Å²) in [5, 5.41) is 21.4. The maximum absolute atomic E-state index is 14.0. The summed E-state index contributed by atoms with van der Waals surface area (Å²) in [6.07, 6.45) is 1.43. The standard InChI is InChI=1S/C24H20FNO7/c1-31-18-8-6-14(25)11-16(18)22(28)20-21(13-5-7-19(32-2)17(27)10-13)26(24(30)23(20)29)12-15-4-3-9-33-15/h3-11,21,27-28H,12H2,1-2H3/b22-20+. The van der Waals surface area contributed by atoms with Gasteiger partial charge in [-0.2, -0.15) is 0 Å². The summed E-state index contributed by atoms with van der Waals surface area (Å²) >= 11 is 0. The molecule has 4 rings (SSSR count). The average molecular weight is 453 g/mol. The molecule has 33 heavy (non-hydrogen) atoms. The highest BCUT2D eigenvalue weighted by Gasteiger charge is 2.46. The molecule has 0 spiro atoms. The smallest absolute Gasteiger partial charge is 0.296 e. The van der Waals surface area contributed by atoms with Crippen molar-refractivity contribution in [2.45, 2.75) is 12.6 Å². The third-order valence-electron chi connectivity index (χ3n) is 5.38. The van der Waals surface area contributed by atoms with Gasteiger partial charge in [-0.15, -0.1) is 0 Å². The number of aromatic hydroxyl groups is 1. The van der Waals surface area contributed by atoms with Crippen molar-refractivity contribution in [3.63, 3.8) is 0 Å². The Morgan fingerprint density at radius 2 is 1.82 bits per heavy atom. The van der Waals surface area contributed by atoms with E-state index in [9.17, 15) is 24.2 Å². The Morgan fingerprint density at radius 3 is 2.45 bits per heavy atom. The Hall–Kier alpha value is -4.27. The number of ketones is 1. The SMILES string of the molecule is COc1ccc(C2/C(=C(\O)c3cc(F)ccc3OC)C(=O)C(=O)N2Cc2ccco2)cc1O. The van der Waals surface area contributed by atoms with E-state index >= 15 is 0 Å². The zero-order chi connectivity index (χ0) is 23.7. The fourth-order valence-electron chi connectivity index (χ4n) is 3.85. The Labute approximate surface area is 188 Å². The number of methoxy groups -OCH3 is 2. The van der Waals surface area contributed by atoms with Gasteiger partial charge in [0.05, 0.1) is 44.2 Å². The van der Waals surface area contributed by atoms with Gasteiger partial charge in [0, 0.05) is 0 Å². The molecule has 8 nitrogen and oxygen atoms in total. The molecule has 1 aliphatic heterocycles. The molecule has 1 aliphatic rings. The van der Waals surface area contributed by atoms with Crippen LogP contribution in [0.4, 0.5) is 4.39 Å². The van der Waals surface area contributed by atoms with Crippen LogP contribution in [0.1, 0.15) is 22.9 Å². The minimum absolute atomic E-state index is 0.0773. The van der Waals surface area contributed by atoms with Gasteiger partial charge in [-0.05, 0) is 48.0 Å². The number of likely N-dealkylation sites (tertiary alicyclic amines) is 1. The van der Waals surface area contributed by atoms with Gasteiger partial charge >= 0.3 is 0 Å². The number of aliphatic hydroxyl groups excluding tert-OH is 1. The van der Waals surface area contributed by atoms with Gasteiger partial charge in [0.2, 0.25) is 0 Å². The number of hydrogen-bond acceptors (Lipinski definition) is 7. The lowest BCUT2D eigenvalue weighted by Crippen LogP contribution is -2.29. The molecule has 2 aromatic carbocycles. The van der Waals surface area contributed by atoms with Gasteiger partial charge in [-0.3, -0.25) is 9.59 Å². The van der Waals surface area contributed by atoms with E-state index in [4.69, 9.17) is 13.9 Å². The van der Waals surface area contributed by atoms with Crippen molar-refractivity contribution in [2.24, 2.45) is 0 Å². The number of nitrogens with zero attached hydrogens (tertiary/aromatic N) is 1. The van der Waals surface area contributed by atoms with Gasteiger partial charge in [-0.25, -0.2) is 4.39 Å². The molecule has 1 atom stereocenters. The number of hydrogen-bond donors (Lipinski definition) is 2. The van der Waals surface area contributed by atoms with Crippen LogP contribution in [0.5, 0.6) is 17.2 Å². The first-order valence-corrected chi connectivity index (χ1v) is 9.87. The predicted molar refractivity (Wildman–Crippen MR) is 114 cm³/mol.